The van der Waals surface area contributed by atoms with Crippen molar-refractivity contribution in [3.05, 3.63) is 11.7 Å². The van der Waals surface area contributed by atoms with E-state index in [2.05, 4.69) is 10.1 Å². The van der Waals surface area contributed by atoms with E-state index in [0.717, 1.165) is 12.8 Å². The number of nitrogens with zero attached hydrogens (tertiary/aromatic N) is 4. The second-order valence-electron chi connectivity index (χ2n) is 5.21. The standard InChI is InChI=1S/C13H18N4O3S/c1-2-10-14-13(15-20-10)9-4-3-5-17(9)11(18)6-16-8-21-7-12(16)19/h9H,2-8H2,1H3/t9-/m0/s1. The van der Waals surface area contributed by atoms with Gasteiger partial charge in [0.05, 0.1) is 17.7 Å². The Bertz CT molecular complexity index is 547. The van der Waals surface area contributed by atoms with Crippen LogP contribution >= 0.6 is 11.8 Å². The number of hydrogen-bond acceptors (Lipinski definition) is 6. The molecule has 1 atom stereocenters. The molecular formula is C13H18N4O3S. The lowest BCUT2D eigenvalue weighted by molar-refractivity contribution is -0.138. The average molecular weight is 310 g/mol. The van der Waals surface area contributed by atoms with Crippen molar-refractivity contribution in [2.75, 3.05) is 24.7 Å². The highest BCUT2D eigenvalue weighted by atomic mass is 32.2. The van der Waals surface area contributed by atoms with Gasteiger partial charge < -0.3 is 14.3 Å². The summed E-state index contributed by atoms with van der Waals surface area (Å²) >= 11 is 1.54. The molecule has 0 N–H and O–H groups in total. The summed E-state index contributed by atoms with van der Waals surface area (Å²) in [7, 11) is 0. The first-order valence-corrected chi connectivity index (χ1v) is 8.32. The van der Waals surface area contributed by atoms with E-state index in [0.29, 0.717) is 36.3 Å². The Balaban J connectivity index is 1.68. The van der Waals surface area contributed by atoms with E-state index in [1.807, 2.05) is 6.92 Å². The van der Waals surface area contributed by atoms with Gasteiger partial charge in [0.1, 0.15) is 6.54 Å². The summed E-state index contributed by atoms with van der Waals surface area (Å²) in [5.74, 6) is 2.26. The molecule has 3 rings (SSSR count). The molecule has 2 saturated heterocycles. The Labute approximate surface area is 127 Å². The van der Waals surface area contributed by atoms with Crippen LogP contribution in [0.25, 0.3) is 0 Å². The molecule has 2 fully saturated rings. The van der Waals surface area contributed by atoms with E-state index in [-0.39, 0.29) is 24.4 Å². The molecule has 0 radical (unpaired) electrons. The van der Waals surface area contributed by atoms with Crippen molar-refractivity contribution in [3.8, 4) is 0 Å². The Morgan fingerprint density at radius 3 is 3.05 bits per heavy atom. The smallest absolute Gasteiger partial charge is 0.242 e. The van der Waals surface area contributed by atoms with Crippen LogP contribution in [0.4, 0.5) is 0 Å². The lowest BCUT2D eigenvalue weighted by Crippen LogP contribution is -2.41. The number of aromatic nitrogens is 2. The molecule has 2 amide bonds. The second-order valence-corrected chi connectivity index (χ2v) is 6.17. The van der Waals surface area contributed by atoms with Crippen molar-refractivity contribution in [1.82, 2.24) is 19.9 Å². The Kier molecular flexibility index (Phi) is 4.14. The summed E-state index contributed by atoms with van der Waals surface area (Å²) in [6.45, 7) is 2.79. The van der Waals surface area contributed by atoms with Crippen molar-refractivity contribution in [3.63, 3.8) is 0 Å². The molecular weight excluding hydrogens is 292 g/mol. The SMILES string of the molecule is CCc1nc([C@@H]2CCCN2C(=O)CN2CSCC2=O)no1. The zero-order valence-electron chi connectivity index (χ0n) is 11.9. The van der Waals surface area contributed by atoms with Gasteiger partial charge in [-0.05, 0) is 12.8 Å². The van der Waals surface area contributed by atoms with E-state index in [1.54, 1.807) is 21.6 Å². The zero-order valence-corrected chi connectivity index (χ0v) is 12.8. The van der Waals surface area contributed by atoms with Crippen LogP contribution in [0.5, 0.6) is 0 Å². The first kappa shape index (κ1) is 14.4. The highest BCUT2D eigenvalue weighted by molar-refractivity contribution is 8.00. The van der Waals surface area contributed by atoms with Crippen LogP contribution in [0.15, 0.2) is 4.52 Å². The van der Waals surface area contributed by atoms with Gasteiger partial charge >= 0.3 is 0 Å². The minimum absolute atomic E-state index is 0.0313. The third-order valence-electron chi connectivity index (χ3n) is 3.81. The molecule has 1 aromatic rings. The van der Waals surface area contributed by atoms with Gasteiger partial charge in [-0.3, -0.25) is 9.59 Å². The summed E-state index contributed by atoms with van der Waals surface area (Å²) in [4.78, 5) is 31.8. The minimum atomic E-state index is -0.119. The first-order chi connectivity index (χ1) is 10.2. The van der Waals surface area contributed by atoms with Gasteiger partial charge in [0.2, 0.25) is 17.7 Å². The molecule has 2 aliphatic rings. The van der Waals surface area contributed by atoms with Crippen LogP contribution in [0, 0.1) is 0 Å². The number of thioether (sulfide) groups is 1. The third-order valence-corrected chi connectivity index (χ3v) is 4.75. The Morgan fingerprint density at radius 2 is 2.38 bits per heavy atom. The summed E-state index contributed by atoms with van der Waals surface area (Å²) in [5, 5.41) is 3.98. The van der Waals surface area contributed by atoms with Crippen molar-refractivity contribution in [1.29, 1.82) is 0 Å². The summed E-state index contributed by atoms with van der Waals surface area (Å²) < 4.78 is 5.14. The predicted octanol–water partition coefficient (Wildman–Crippen LogP) is 0.828. The lowest BCUT2D eigenvalue weighted by Gasteiger charge is -2.24. The maximum absolute atomic E-state index is 12.4. The molecule has 0 aliphatic carbocycles. The molecule has 0 saturated carbocycles. The van der Waals surface area contributed by atoms with Gasteiger partial charge in [-0.25, -0.2) is 0 Å². The third kappa shape index (κ3) is 2.90. The molecule has 1 aromatic heterocycles. The normalized spacial score (nSPS) is 22.3. The highest BCUT2D eigenvalue weighted by Gasteiger charge is 2.35. The van der Waals surface area contributed by atoms with E-state index < -0.39 is 0 Å². The lowest BCUT2D eigenvalue weighted by atomic mass is 10.2. The molecule has 0 unspecified atom stereocenters. The van der Waals surface area contributed by atoms with Crippen LogP contribution in [0.2, 0.25) is 0 Å². The molecule has 3 heterocycles. The first-order valence-electron chi connectivity index (χ1n) is 7.16. The Hall–Kier alpha value is -1.57. The number of amides is 2. The predicted molar refractivity (Wildman–Crippen MR) is 76.4 cm³/mol. The van der Waals surface area contributed by atoms with Crippen LogP contribution in [0.3, 0.4) is 0 Å². The molecule has 0 aromatic carbocycles. The zero-order chi connectivity index (χ0) is 14.8. The van der Waals surface area contributed by atoms with E-state index >= 15 is 0 Å². The maximum atomic E-state index is 12.4. The largest absolute Gasteiger partial charge is 0.339 e. The highest BCUT2D eigenvalue weighted by Crippen LogP contribution is 2.30. The fourth-order valence-corrected chi connectivity index (χ4v) is 3.58. The number of rotatable bonds is 4. The van der Waals surface area contributed by atoms with Gasteiger partial charge in [-0.2, -0.15) is 4.98 Å². The molecule has 21 heavy (non-hydrogen) atoms. The van der Waals surface area contributed by atoms with Crippen LogP contribution in [-0.4, -0.2) is 56.5 Å². The van der Waals surface area contributed by atoms with Crippen molar-refractivity contribution >= 4 is 23.6 Å². The fraction of sp³-hybridized carbons (Fsp3) is 0.692. The topological polar surface area (TPSA) is 79.5 Å². The quantitative estimate of drug-likeness (QED) is 0.819. The summed E-state index contributed by atoms with van der Waals surface area (Å²) in [5.41, 5.74) is 0. The van der Waals surface area contributed by atoms with Gasteiger partial charge in [0, 0.05) is 13.0 Å². The molecule has 114 valence electrons. The maximum Gasteiger partial charge on any atom is 0.242 e. The van der Waals surface area contributed by atoms with Crippen LogP contribution < -0.4 is 0 Å². The molecule has 8 heteroatoms. The van der Waals surface area contributed by atoms with Crippen LogP contribution in [-0.2, 0) is 16.0 Å². The van der Waals surface area contributed by atoms with E-state index in [9.17, 15) is 9.59 Å². The van der Waals surface area contributed by atoms with Gasteiger partial charge in [0.15, 0.2) is 5.82 Å². The fourth-order valence-electron chi connectivity index (χ4n) is 2.67. The van der Waals surface area contributed by atoms with Crippen molar-refractivity contribution in [2.24, 2.45) is 0 Å². The minimum Gasteiger partial charge on any atom is -0.339 e. The van der Waals surface area contributed by atoms with Gasteiger partial charge in [0.25, 0.3) is 0 Å². The molecule has 0 spiro atoms. The second kappa shape index (κ2) is 6.05. The number of hydrogen-bond donors (Lipinski definition) is 0. The summed E-state index contributed by atoms with van der Waals surface area (Å²) in [6, 6.07) is -0.119. The number of likely N-dealkylation sites (tertiary alicyclic amines) is 1. The van der Waals surface area contributed by atoms with Gasteiger partial charge in [-0.1, -0.05) is 12.1 Å². The van der Waals surface area contributed by atoms with Crippen molar-refractivity contribution < 1.29 is 14.1 Å². The van der Waals surface area contributed by atoms with Gasteiger partial charge in [-0.15, -0.1) is 11.8 Å². The van der Waals surface area contributed by atoms with Crippen LogP contribution in [0.1, 0.15) is 37.5 Å². The van der Waals surface area contributed by atoms with Crippen molar-refractivity contribution in [2.45, 2.75) is 32.2 Å². The number of carbonyl (C=O) groups excluding carboxylic acids is 2. The average Bonchev–Trinajstić information content (AvgIpc) is 3.18. The van der Waals surface area contributed by atoms with E-state index in [1.165, 1.54) is 0 Å². The number of carbonyl (C=O) groups is 2. The monoisotopic (exact) mass is 310 g/mol. The van der Waals surface area contributed by atoms with E-state index in [4.69, 9.17) is 4.52 Å². The molecule has 2 aliphatic heterocycles. The summed E-state index contributed by atoms with van der Waals surface area (Å²) in [6.07, 6.45) is 2.46. The molecule has 7 nitrogen and oxygen atoms in total. The molecule has 0 bridgehead atoms. The Morgan fingerprint density at radius 1 is 1.52 bits per heavy atom. The number of aryl methyl sites for hydroxylation is 1.